The second-order valence-corrected chi connectivity index (χ2v) is 8.94. The fraction of sp³-hybridized carbons (Fsp3) is 0.304. The minimum atomic E-state index is -4.41. The number of nitrogens with zero attached hydrogens (tertiary/aromatic N) is 2. The first-order valence-electron chi connectivity index (χ1n) is 10.2. The van der Waals surface area contributed by atoms with E-state index in [9.17, 15) is 22.4 Å². The van der Waals surface area contributed by atoms with Gasteiger partial charge in [0, 0.05) is 35.1 Å². The number of aromatic nitrogens is 1. The molecular formula is C23H21F4N3OS. The summed E-state index contributed by atoms with van der Waals surface area (Å²) in [5.74, 6) is -0.128. The summed E-state index contributed by atoms with van der Waals surface area (Å²) < 4.78 is 52.2. The predicted octanol–water partition coefficient (Wildman–Crippen LogP) is 6.69. The van der Waals surface area contributed by atoms with Crippen molar-refractivity contribution in [2.75, 3.05) is 18.4 Å². The van der Waals surface area contributed by atoms with E-state index in [1.54, 1.807) is 34.4 Å². The maximum Gasteiger partial charge on any atom is 0.416 e. The second-order valence-electron chi connectivity index (χ2n) is 7.70. The van der Waals surface area contributed by atoms with Crippen LogP contribution in [0.3, 0.4) is 0 Å². The van der Waals surface area contributed by atoms with Crippen LogP contribution in [0.4, 0.5) is 28.0 Å². The molecule has 1 aliphatic rings. The molecule has 0 atom stereocenters. The van der Waals surface area contributed by atoms with E-state index in [1.165, 1.54) is 18.2 Å². The maximum atomic E-state index is 14.2. The Labute approximate surface area is 186 Å². The Morgan fingerprint density at radius 1 is 1.09 bits per heavy atom. The molecule has 0 bridgehead atoms. The quantitative estimate of drug-likeness (QED) is 0.440. The molecule has 1 aromatic heterocycles. The Morgan fingerprint density at radius 2 is 1.75 bits per heavy atom. The van der Waals surface area contributed by atoms with E-state index in [4.69, 9.17) is 4.98 Å². The minimum Gasteiger partial charge on any atom is -0.324 e. The van der Waals surface area contributed by atoms with E-state index in [1.807, 2.05) is 6.92 Å². The largest absolute Gasteiger partial charge is 0.416 e. The molecule has 3 aromatic rings. The van der Waals surface area contributed by atoms with E-state index in [0.29, 0.717) is 42.9 Å². The van der Waals surface area contributed by atoms with E-state index in [2.05, 4.69) is 5.32 Å². The number of piperidine rings is 1. The van der Waals surface area contributed by atoms with Crippen LogP contribution in [0, 0.1) is 12.7 Å². The van der Waals surface area contributed by atoms with Gasteiger partial charge < -0.3 is 10.2 Å². The molecule has 168 valence electrons. The molecule has 4 nitrogen and oxygen atoms in total. The second kappa shape index (κ2) is 8.90. The van der Waals surface area contributed by atoms with Crippen molar-refractivity contribution < 1.29 is 22.4 Å². The van der Waals surface area contributed by atoms with Crippen molar-refractivity contribution in [2.24, 2.45) is 0 Å². The number of nitrogens with one attached hydrogen (secondary N) is 1. The topological polar surface area (TPSA) is 45.2 Å². The molecule has 2 aromatic carbocycles. The number of rotatable bonds is 3. The van der Waals surface area contributed by atoms with Gasteiger partial charge in [-0.2, -0.15) is 13.2 Å². The smallest absolute Gasteiger partial charge is 0.324 e. The molecule has 1 fully saturated rings. The molecule has 9 heteroatoms. The Balaban J connectivity index is 1.37. The van der Waals surface area contributed by atoms with Crippen LogP contribution in [-0.2, 0) is 6.18 Å². The number of anilines is 1. The third kappa shape index (κ3) is 4.77. The lowest BCUT2D eigenvalue weighted by molar-refractivity contribution is -0.137. The van der Waals surface area contributed by atoms with Crippen LogP contribution in [0.5, 0.6) is 0 Å². The number of halogens is 4. The Kier molecular flexibility index (Phi) is 6.19. The fourth-order valence-electron chi connectivity index (χ4n) is 3.77. The van der Waals surface area contributed by atoms with Crippen molar-refractivity contribution in [1.29, 1.82) is 0 Å². The summed E-state index contributed by atoms with van der Waals surface area (Å²) >= 11 is 1.55. The summed E-state index contributed by atoms with van der Waals surface area (Å²) in [4.78, 5) is 19.8. The Hall–Kier alpha value is -2.94. The number of amides is 2. The zero-order valence-electron chi connectivity index (χ0n) is 17.2. The molecule has 1 saturated heterocycles. The molecule has 1 aliphatic heterocycles. The summed E-state index contributed by atoms with van der Waals surface area (Å²) in [5.41, 5.74) is 0.700. The summed E-state index contributed by atoms with van der Waals surface area (Å²) in [6.45, 7) is 2.94. The number of likely N-dealkylation sites (tertiary alicyclic amines) is 1. The third-order valence-corrected chi connectivity index (χ3v) is 6.67. The molecule has 32 heavy (non-hydrogen) atoms. The monoisotopic (exact) mass is 463 g/mol. The number of benzene rings is 2. The van der Waals surface area contributed by atoms with Crippen LogP contribution in [0.25, 0.3) is 11.3 Å². The van der Waals surface area contributed by atoms with Gasteiger partial charge in [-0.05, 0) is 56.2 Å². The zero-order chi connectivity index (χ0) is 22.9. The number of hydrogen-bond donors (Lipinski definition) is 1. The van der Waals surface area contributed by atoms with Crippen LogP contribution >= 0.6 is 11.3 Å². The van der Waals surface area contributed by atoms with Crippen LogP contribution in [0.1, 0.15) is 34.2 Å². The number of alkyl halides is 3. The number of thiazole rings is 1. The SMILES string of the molecule is Cc1sc(C2CCN(C(=O)Nc3ccc(C(F)(F)F)cc3)CC2)nc1-c1ccccc1F. The lowest BCUT2D eigenvalue weighted by Crippen LogP contribution is -2.40. The Morgan fingerprint density at radius 3 is 2.38 bits per heavy atom. The van der Waals surface area contributed by atoms with Crippen LogP contribution in [0.2, 0.25) is 0 Å². The van der Waals surface area contributed by atoms with E-state index in [0.717, 1.165) is 22.0 Å². The highest BCUT2D eigenvalue weighted by molar-refractivity contribution is 7.12. The lowest BCUT2D eigenvalue weighted by Gasteiger charge is -2.31. The molecule has 0 spiro atoms. The first-order valence-corrected chi connectivity index (χ1v) is 11.0. The van der Waals surface area contributed by atoms with Crippen molar-refractivity contribution in [3.63, 3.8) is 0 Å². The van der Waals surface area contributed by atoms with Gasteiger partial charge in [0.15, 0.2) is 0 Å². The van der Waals surface area contributed by atoms with Crippen molar-refractivity contribution in [3.8, 4) is 11.3 Å². The van der Waals surface area contributed by atoms with Crippen molar-refractivity contribution in [1.82, 2.24) is 9.88 Å². The average Bonchev–Trinajstić information content (AvgIpc) is 3.15. The van der Waals surface area contributed by atoms with Crippen LogP contribution in [-0.4, -0.2) is 29.0 Å². The lowest BCUT2D eigenvalue weighted by atomic mass is 9.97. The number of aryl methyl sites for hydroxylation is 1. The van der Waals surface area contributed by atoms with Crippen molar-refractivity contribution >= 4 is 23.1 Å². The molecule has 2 amide bonds. The van der Waals surface area contributed by atoms with Crippen molar-refractivity contribution in [3.05, 3.63) is 69.8 Å². The highest BCUT2D eigenvalue weighted by Crippen LogP contribution is 2.36. The first-order chi connectivity index (χ1) is 15.2. The van der Waals surface area contributed by atoms with E-state index < -0.39 is 11.7 Å². The fourth-order valence-corrected chi connectivity index (χ4v) is 4.87. The summed E-state index contributed by atoms with van der Waals surface area (Å²) in [5, 5.41) is 3.58. The molecule has 0 aliphatic carbocycles. The van der Waals surface area contributed by atoms with Gasteiger partial charge in [-0.15, -0.1) is 11.3 Å². The molecule has 0 saturated carbocycles. The Bertz CT molecular complexity index is 1100. The van der Waals surface area contributed by atoms with E-state index in [-0.39, 0.29) is 17.8 Å². The molecule has 0 unspecified atom stereocenters. The third-order valence-electron chi connectivity index (χ3n) is 5.54. The first kappa shape index (κ1) is 22.3. The van der Waals surface area contributed by atoms with Gasteiger partial charge in [0.2, 0.25) is 0 Å². The number of carbonyl (C=O) groups is 1. The molecule has 4 rings (SSSR count). The number of hydrogen-bond acceptors (Lipinski definition) is 3. The van der Waals surface area contributed by atoms with Gasteiger partial charge in [0.05, 0.1) is 16.3 Å². The molecule has 2 heterocycles. The van der Waals surface area contributed by atoms with Gasteiger partial charge in [-0.1, -0.05) is 12.1 Å². The van der Waals surface area contributed by atoms with Gasteiger partial charge >= 0.3 is 12.2 Å². The number of carbonyl (C=O) groups excluding carboxylic acids is 1. The highest BCUT2D eigenvalue weighted by Gasteiger charge is 2.30. The van der Waals surface area contributed by atoms with Gasteiger partial charge in [-0.25, -0.2) is 14.2 Å². The van der Waals surface area contributed by atoms with Crippen molar-refractivity contribution in [2.45, 2.75) is 31.9 Å². The molecule has 1 N–H and O–H groups in total. The molecule has 0 radical (unpaired) electrons. The maximum absolute atomic E-state index is 14.2. The van der Waals surface area contributed by atoms with Crippen LogP contribution < -0.4 is 5.32 Å². The number of urea groups is 1. The molecular weight excluding hydrogens is 442 g/mol. The van der Waals surface area contributed by atoms with Gasteiger partial charge in [-0.3, -0.25) is 0 Å². The van der Waals surface area contributed by atoms with Crippen LogP contribution in [0.15, 0.2) is 48.5 Å². The van der Waals surface area contributed by atoms with E-state index >= 15 is 0 Å². The zero-order valence-corrected chi connectivity index (χ0v) is 18.1. The average molecular weight is 464 g/mol. The summed E-state index contributed by atoms with van der Waals surface area (Å²) in [6.07, 6.45) is -2.99. The standard InChI is InChI=1S/C23H21F4N3OS/c1-14-20(18-4-2-3-5-19(18)24)29-21(32-14)15-10-12-30(13-11-15)22(31)28-17-8-6-16(7-9-17)23(25,26)27/h2-9,15H,10-13H2,1H3,(H,28,31). The summed E-state index contributed by atoms with van der Waals surface area (Å²) in [6, 6.07) is 10.6. The predicted molar refractivity (Wildman–Crippen MR) is 116 cm³/mol. The highest BCUT2D eigenvalue weighted by atomic mass is 32.1. The van der Waals surface area contributed by atoms with Gasteiger partial charge in [0.1, 0.15) is 5.82 Å². The minimum absolute atomic E-state index is 0.175. The normalized spacial score (nSPS) is 15.1. The summed E-state index contributed by atoms with van der Waals surface area (Å²) in [7, 11) is 0. The van der Waals surface area contributed by atoms with Gasteiger partial charge in [0.25, 0.3) is 0 Å².